The Balaban J connectivity index is 1.58. The molecule has 0 unspecified atom stereocenters. The van der Waals surface area contributed by atoms with Gasteiger partial charge in [0, 0.05) is 25.0 Å². The molecule has 4 aromatic rings. The Morgan fingerprint density at radius 3 is 3.12 bits per heavy atom. The third-order valence-corrected chi connectivity index (χ3v) is 4.99. The number of anilines is 2. The summed E-state index contributed by atoms with van der Waals surface area (Å²) in [6, 6.07) is 6.52. The molecule has 0 atom stereocenters. The first-order valence-electron chi connectivity index (χ1n) is 10.1. The molecule has 2 N–H and O–H groups in total. The number of carbonyl (C=O) groups excluding carboxylic acids is 1. The predicted octanol–water partition coefficient (Wildman–Crippen LogP) is 2.77. The minimum atomic E-state index is -3.09. The number of nitriles is 1. The summed E-state index contributed by atoms with van der Waals surface area (Å²) in [5.41, 5.74) is 1.49. The third-order valence-electron chi connectivity index (χ3n) is 4.99. The maximum atomic E-state index is 13.2. The molecule has 3 aromatic heterocycles. The van der Waals surface area contributed by atoms with E-state index < -0.39 is 12.5 Å². The molecule has 1 aliphatic heterocycles. The summed E-state index contributed by atoms with van der Waals surface area (Å²) >= 11 is 0. The summed E-state index contributed by atoms with van der Waals surface area (Å²) < 4.78 is 39.5. The molecule has 1 amide bonds. The van der Waals surface area contributed by atoms with Crippen molar-refractivity contribution in [3.05, 3.63) is 48.5 Å². The molecular weight excluding hydrogens is 450 g/mol. The highest BCUT2D eigenvalue weighted by Crippen LogP contribution is 2.42. The van der Waals surface area contributed by atoms with Crippen LogP contribution in [0.25, 0.3) is 16.9 Å². The van der Waals surface area contributed by atoms with E-state index >= 15 is 0 Å². The Labute approximate surface area is 190 Å². The number of aromatic nitrogens is 5. The molecule has 13 heteroatoms. The number of ether oxygens (including phenoxy) is 2. The van der Waals surface area contributed by atoms with Gasteiger partial charge in [0.05, 0.1) is 35.4 Å². The highest BCUT2D eigenvalue weighted by atomic mass is 19.3. The first kappa shape index (κ1) is 21.1. The van der Waals surface area contributed by atoms with E-state index in [1.54, 1.807) is 12.3 Å². The summed E-state index contributed by atoms with van der Waals surface area (Å²) in [4.78, 5) is 17.2. The maximum Gasteiger partial charge on any atom is 0.387 e. The summed E-state index contributed by atoms with van der Waals surface area (Å²) in [7, 11) is 0. The number of nitrogens with one attached hydrogen (secondary N) is 2. The largest absolute Gasteiger partial charge is 0.490 e. The number of halogens is 2. The van der Waals surface area contributed by atoms with Gasteiger partial charge >= 0.3 is 6.61 Å². The molecule has 0 radical (unpaired) electrons. The monoisotopic (exact) mass is 466 g/mol. The van der Waals surface area contributed by atoms with Crippen molar-refractivity contribution in [1.29, 1.82) is 5.26 Å². The number of carbonyl (C=O) groups is 1. The number of hydrogen-bond donors (Lipinski definition) is 2. The third kappa shape index (κ3) is 3.92. The van der Waals surface area contributed by atoms with E-state index in [1.807, 2.05) is 6.07 Å². The number of rotatable bonds is 6. The topological polar surface area (TPSA) is 131 Å². The Kier molecular flexibility index (Phi) is 5.38. The van der Waals surface area contributed by atoms with E-state index in [9.17, 15) is 13.6 Å². The molecule has 0 aliphatic carbocycles. The summed E-state index contributed by atoms with van der Waals surface area (Å²) in [5, 5.41) is 23.3. The van der Waals surface area contributed by atoms with E-state index in [1.165, 1.54) is 39.9 Å². The number of hydrogen-bond acceptors (Lipinski definition) is 8. The molecular formula is C21H16F2N8O3. The minimum Gasteiger partial charge on any atom is -0.490 e. The van der Waals surface area contributed by atoms with Gasteiger partial charge in [0.1, 0.15) is 35.9 Å². The van der Waals surface area contributed by atoms with E-state index in [0.29, 0.717) is 30.2 Å². The van der Waals surface area contributed by atoms with Crippen LogP contribution in [0.15, 0.2) is 43.0 Å². The van der Waals surface area contributed by atoms with Crippen LogP contribution < -0.4 is 20.1 Å². The van der Waals surface area contributed by atoms with Gasteiger partial charge in [-0.3, -0.25) is 9.48 Å². The van der Waals surface area contributed by atoms with Crippen molar-refractivity contribution in [2.45, 2.75) is 13.2 Å². The van der Waals surface area contributed by atoms with Gasteiger partial charge in [-0.25, -0.2) is 9.50 Å². The molecule has 0 saturated heterocycles. The van der Waals surface area contributed by atoms with E-state index in [2.05, 4.69) is 25.8 Å². The van der Waals surface area contributed by atoms with Crippen LogP contribution in [0.1, 0.15) is 10.4 Å². The molecule has 172 valence electrons. The van der Waals surface area contributed by atoms with Crippen LogP contribution in [-0.4, -0.2) is 50.0 Å². The van der Waals surface area contributed by atoms with Gasteiger partial charge in [-0.05, 0) is 12.1 Å². The zero-order valence-electron chi connectivity index (χ0n) is 17.4. The van der Waals surface area contributed by atoms with Gasteiger partial charge in [0.25, 0.3) is 5.91 Å². The second-order valence-electron chi connectivity index (χ2n) is 7.15. The van der Waals surface area contributed by atoms with Crippen LogP contribution in [0.5, 0.6) is 11.5 Å². The molecule has 34 heavy (non-hydrogen) atoms. The SMILES string of the molecule is N#CCn1cc(NC(=O)c2cnn3cccnc23)c(-c2cc3c(cc2OC(F)F)NCCO3)n1. The standard InChI is InChI=1S/C21H16F2N8O3/c22-21(23)34-16-9-14-17(33-7-4-25-14)8-12(16)18-15(11-30(29-18)6-2-24)28-20(32)13-10-27-31-5-1-3-26-19(13)31/h1,3,5,8-11,21,25H,4,6-7H2,(H,28,32). The van der Waals surface area contributed by atoms with Crippen LogP contribution in [0.4, 0.5) is 20.2 Å². The second-order valence-corrected chi connectivity index (χ2v) is 7.15. The maximum absolute atomic E-state index is 13.2. The molecule has 0 bridgehead atoms. The Bertz CT molecular complexity index is 1430. The van der Waals surface area contributed by atoms with Gasteiger partial charge in [-0.1, -0.05) is 0 Å². The lowest BCUT2D eigenvalue weighted by Gasteiger charge is -2.21. The van der Waals surface area contributed by atoms with E-state index in [-0.39, 0.29) is 34.8 Å². The van der Waals surface area contributed by atoms with Gasteiger partial charge in [-0.15, -0.1) is 0 Å². The van der Waals surface area contributed by atoms with Crippen molar-refractivity contribution in [1.82, 2.24) is 24.4 Å². The van der Waals surface area contributed by atoms with Crippen molar-refractivity contribution in [2.75, 3.05) is 23.8 Å². The molecule has 1 aliphatic rings. The van der Waals surface area contributed by atoms with Crippen LogP contribution in [0.2, 0.25) is 0 Å². The second kappa shape index (κ2) is 8.66. The predicted molar refractivity (Wildman–Crippen MR) is 115 cm³/mol. The van der Waals surface area contributed by atoms with Crippen LogP contribution >= 0.6 is 0 Å². The van der Waals surface area contributed by atoms with Gasteiger partial charge in [0.15, 0.2) is 5.65 Å². The summed E-state index contributed by atoms with van der Waals surface area (Å²) in [5.74, 6) is -0.289. The van der Waals surface area contributed by atoms with Crippen molar-refractivity contribution in [3.63, 3.8) is 0 Å². The first-order valence-corrected chi connectivity index (χ1v) is 10.1. The van der Waals surface area contributed by atoms with Crippen molar-refractivity contribution >= 4 is 22.9 Å². The van der Waals surface area contributed by atoms with Crippen LogP contribution in [-0.2, 0) is 6.54 Å². The smallest absolute Gasteiger partial charge is 0.387 e. The minimum absolute atomic E-state index is 0.126. The molecule has 5 rings (SSSR count). The highest BCUT2D eigenvalue weighted by Gasteiger charge is 2.24. The fraction of sp³-hybridized carbons (Fsp3) is 0.190. The molecule has 0 saturated carbocycles. The first-order chi connectivity index (χ1) is 16.5. The highest BCUT2D eigenvalue weighted by molar-refractivity contribution is 6.09. The lowest BCUT2D eigenvalue weighted by atomic mass is 10.1. The number of alkyl halides is 2. The van der Waals surface area contributed by atoms with Gasteiger partial charge < -0.3 is 20.1 Å². The normalized spacial score (nSPS) is 12.5. The number of nitrogens with zero attached hydrogens (tertiary/aromatic N) is 6. The van der Waals surface area contributed by atoms with E-state index in [0.717, 1.165) is 0 Å². The fourth-order valence-electron chi connectivity index (χ4n) is 3.58. The summed E-state index contributed by atoms with van der Waals surface area (Å²) in [6.45, 7) is -2.33. The van der Waals surface area contributed by atoms with Gasteiger partial charge in [0.2, 0.25) is 0 Å². The number of amides is 1. The lowest BCUT2D eigenvalue weighted by molar-refractivity contribution is -0.0494. The number of fused-ring (bicyclic) bond motifs is 2. The molecule has 0 fully saturated rings. The molecule has 11 nitrogen and oxygen atoms in total. The number of benzene rings is 1. The molecule has 4 heterocycles. The average molecular weight is 466 g/mol. The average Bonchev–Trinajstić information content (AvgIpc) is 3.42. The van der Waals surface area contributed by atoms with Crippen molar-refractivity contribution in [2.24, 2.45) is 0 Å². The Hall–Kier alpha value is -4.73. The Morgan fingerprint density at radius 1 is 1.41 bits per heavy atom. The molecule has 0 spiro atoms. The zero-order chi connectivity index (χ0) is 23.7. The van der Waals surface area contributed by atoms with Crippen LogP contribution in [0.3, 0.4) is 0 Å². The molecule has 1 aromatic carbocycles. The Morgan fingerprint density at radius 2 is 2.29 bits per heavy atom. The van der Waals surface area contributed by atoms with Gasteiger partial charge in [-0.2, -0.15) is 24.2 Å². The van der Waals surface area contributed by atoms with Crippen molar-refractivity contribution in [3.8, 4) is 28.8 Å². The van der Waals surface area contributed by atoms with Crippen LogP contribution in [0, 0.1) is 11.3 Å². The lowest BCUT2D eigenvalue weighted by Crippen LogP contribution is -2.18. The fourth-order valence-corrected chi connectivity index (χ4v) is 3.58. The quantitative estimate of drug-likeness (QED) is 0.444. The zero-order valence-corrected chi connectivity index (χ0v) is 17.4. The van der Waals surface area contributed by atoms with E-state index in [4.69, 9.17) is 14.7 Å². The van der Waals surface area contributed by atoms with Crippen molar-refractivity contribution < 1.29 is 23.0 Å². The summed E-state index contributed by atoms with van der Waals surface area (Å²) in [6.07, 6.45) is 5.96.